The first-order valence-electron chi connectivity index (χ1n) is 8.47. The zero-order valence-electron chi connectivity index (χ0n) is 15.4. The summed E-state index contributed by atoms with van der Waals surface area (Å²) in [4.78, 5) is 31.7. The smallest absolute Gasteiger partial charge is 0.337 e. The van der Waals surface area contributed by atoms with Crippen molar-refractivity contribution >= 4 is 23.3 Å². The molecule has 0 radical (unpaired) electrons. The van der Waals surface area contributed by atoms with Crippen LogP contribution in [0.1, 0.15) is 42.4 Å². The highest BCUT2D eigenvalue weighted by Crippen LogP contribution is 2.29. The van der Waals surface area contributed by atoms with Crippen molar-refractivity contribution in [2.45, 2.75) is 40.2 Å². The number of hydrogen-bond donors (Lipinski definition) is 2. The molecule has 25 heavy (non-hydrogen) atoms. The Labute approximate surface area is 152 Å². The number of nitrogens with one attached hydrogen (secondary N) is 2. The Morgan fingerprint density at radius 1 is 1.44 bits per heavy atom. The van der Waals surface area contributed by atoms with E-state index in [0.29, 0.717) is 24.4 Å². The number of carbonyl (C=O) groups excluding carboxylic acids is 2. The van der Waals surface area contributed by atoms with Gasteiger partial charge in [-0.25, -0.2) is 14.6 Å². The van der Waals surface area contributed by atoms with Gasteiger partial charge in [-0.1, -0.05) is 6.92 Å². The van der Waals surface area contributed by atoms with Gasteiger partial charge in [0.15, 0.2) is 0 Å². The zero-order chi connectivity index (χ0) is 18.6. The Balaban J connectivity index is 2.19. The summed E-state index contributed by atoms with van der Waals surface area (Å²) in [5.41, 5.74) is 2.10. The van der Waals surface area contributed by atoms with Crippen LogP contribution in [0.3, 0.4) is 0 Å². The molecule has 1 aromatic heterocycles. The molecule has 0 aliphatic carbocycles. The molecule has 0 aromatic carbocycles. The molecule has 2 amide bonds. The first-order chi connectivity index (χ1) is 11.9. The van der Waals surface area contributed by atoms with Crippen LogP contribution in [0, 0.1) is 6.92 Å². The molecular weight excluding hydrogens is 340 g/mol. The molecule has 7 nitrogen and oxygen atoms in total. The van der Waals surface area contributed by atoms with E-state index in [9.17, 15) is 9.59 Å². The molecule has 2 rings (SSSR count). The molecule has 1 aromatic rings. The number of carbonyl (C=O) groups is 2. The standard InChI is InChI=1S/C17H26N4O3S/c1-6-14-19-10(3)15(25-14)11(4)21(5)9-13-12(16(22)24-7-2)8-18-17(23)20-13/h11H,6-9H2,1-5H3,(H2,18,20,23)/t11-/m1/s1. The van der Waals surface area contributed by atoms with Gasteiger partial charge in [0.1, 0.15) is 0 Å². The molecule has 8 heteroatoms. The van der Waals surface area contributed by atoms with Crippen LogP contribution in [0.5, 0.6) is 0 Å². The largest absolute Gasteiger partial charge is 0.463 e. The lowest BCUT2D eigenvalue weighted by atomic mass is 10.1. The van der Waals surface area contributed by atoms with E-state index < -0.39 is 5.97 Å². The van der Waals surface area contributed by atoms with Gasteiger partial charge in [-0.3, -0.25) is 4.90 Å². The van der Waals surface area contributed by atoms with Gasteiger partial charge in [0.25, 0.3) is 0 Å². The van der Waals surface area contributed by atoms with Gasteiger partial charge in [0, 0.05) is 23.2 Å². The van der Waals surface area contributed by atoms with Crippen molar-refractivity contribution in [1.29, 1.82) is 0 Å². The highest BCUT2D eigenvalue weighted by atomic mass is 32.1. The summed E-state index contributed by atoms with van der Waals surface area (Å²) >= 11 is 1.71. The van der Waals surface area contributed by atoms with E-state index in [0.717, 1.165) is 17.1 Å². The Bertz CT molecular complexity index is 683. The average molecular weight is 366 g/mol. The van der Waals surface area contributed by atoms with Crippen molar-refractivity contribution in [2.75, 3.05) is 26.7 Å². The summed E-state index contributed by atoms with van der Waals surface area (Å²) in [7, 11) is 1.97. The number of rotatable bonds is 7. The second-order valence-electron chi connectivity index (χ2n) is 5.99. The van der Waals surface area contributed by atoms with Crippen LogP contribution < -0.4 is 10.6 Å². The van der Waals surface area contributed by atoms with E-state index in [1.807, 2.05) is 14.0 Å². The predicted molar refractivity (Wildman–Crippen MR) is 97.5 cm³/mol. The second-order valence-corrected chi connectivity index (χ2v) is 7.10. The normalized spacial score (nSPS) is 15.8. The third kappa shape index (κ3) is 4.58. The monoisotopic (exact) mass is 366 g/mol. The van der Waals surface area contributed by atoms with Crippen LogP contribution in [0.4, 0.5) is 4.79 Å². The fourth-order valence-electron chi connectivity index (χ4n) is 2.67. The molecule has 1 aliphatic heterocycles. The molecule has 0 spiro atoms. The van der Waals surface area contributed by atoms with Gasteiger partial charge in [-0.05, 0) is 34.2 Å². The minimum absolute atomic E-state index is 0.125. The van der Waals surface area contributed by atoms with E-state index in [-0.39, 0.29) is 18.6 Å². The molecule has 0 unspecified atom stereocenters. The first-order valence-corrected chi connectivity index (χ1v) is 9.29. The van der Waals surface area contributed by atoms with E-state index in [4.69, 9.17) is 4.74 Å². The van der Waals surface area contributed by atoms with E-state index in [1.165, 1.54) is 4.88 Å². The molecular formula is C17H26N4O3S. The van der Waals surface area contributed by atoms with Gasteiger partial charge in [-0.2, -0.15) is 0 Å². The van der Waals surface area contributed by atoms with Gasteiger partial charge >= 0.3 is 12.0 Å². The maximum absolute atomic E-state index is 12.1. The summed E-state index contributed by atoms with van der Waals surface area (Å²) in [6, 6.07) is -0.174. The third-order valence-corrected chi connectivity index (χ3v) is 5.68. The fourth-order valence-corrected chi connectivity index (χ4v) is 3.80. The van der Waals surface area contributed by atoms with E-state index in [2.05, 4.69) is 34.4 Å². The molecule has 1 aliphatic rings. The predicted octanol–water partition coefficient (Wildman–Crippen LogP) is 2.14. The molecule has 0 saturated carbocycles. The third-order valence-electron chi connectivity index (χ3n) is 4.20. The van der Waals surface area contributed by atoms with Crippen LogP contribution in [-0.4, -0.2) is 48.6 Å². The highest BCUT2D eigenvalue weighted by Gasteiger charge is 2.26. The van der Waals surface area contributed by atoms with Crippen LogP contribution in [-0.2, 0) is 16.0 Å². The lowest BCUT2D eigenvalue weighted by Gasteiger charge is -2.28. The van der Waals surface area contributed by atoms with Crippen LogP contribution >= 0.6 is 11.3 Å². The zero-order valence-corrected chi connectivity index (χ0v) is 16.2. The molecule has 0 saturated heterocycles. The van der Waals surface area contributed by atoms with Crippen molar-refractivity contribution in [3.63, 3.8) is 0 Å². The number of urea groups is 1. The minimum Gasteiger partial charge on any atom is -0.463 e. The van der Waals surface area contributed by atoms with E-state index in [1.54, 1.807) is 18.3 Å². The molecule has 0 fully saturated rings. The average Bonchev–Trinajstić information content (AvgIpc) is 2.95. The fraction of sp³-hybridized carbons (Fsp3) is 0.588. The number of ether oxygens (including phenoxy) is 1. The summed E-state index contributed by atoms with van der Waals surface area (Å²) in [5, 5.41) is 6.49. The van der Waals surface area contributed by atoms with Crippen molar-refractivity contribution in [3.8, 4) is 0 Å². The number of esters is 1. The molecule has 1 atom stereocenters. The SMILES string of the molecule is CCOC(=O)C1=C(CN(C)[C@H](C)c2sc(CC)nc2C)NC(=O)NC1. The molecule has 2 heterocycles. The summed E-state index contributed by atoms with van der Waals surface area (Å²) in [6.45, 7) is 8.91. The van der Waals surface area contributed by atoms with Crippen molar-refractivity contribution in [2.24, 2.45) is 0 Å². The maximum Gasteiger partial charge on any atom is 0.337 e. The number of aromatic nitrogens is 1. The number of hydrogen-bond acceptors (Lipinski definition) is 6. The summed E-state index contributed by atoms with van der Waals surface area (Å²) < 4.78 is 5.10. The Hall–Kier alpha value is -1.93. The second kappa shape index (κ2) is 8.44. The maximum atomic E-state index is 12.1. The topological polar surface area (TPSA) is 83.6 Å². The van der Waals surface area contributed by atoms with Crippen molar-refractivity contribution in [3.05, 3.63) is 26.8 Å². The molecule has 2 N–H and O–H groups in total. The Kier molecular flexibility index (Phi) is 6.55. The number of aryl methyl sites for hydroxylation is 2. The van der Waals surface area contributed by atoms with Gasteiger partial charge in [0.05, 0.1) is 29.4 Å². The Morgan fingerprint density at radius 2 is 2.16 bits per heavy atom. The van der Waals surface area contributed by atoms with Crippen LogP contribution in [0.25, 0.3) is 0 Å². The number of amides is 2. The molecule has 138 valence electrons. The highest BCUT2D eigenvalue weighted by molar-refractivity contribution is 7.11. The number of nitrogens with zero attached hydrogens (tertiary/aromatic N) is 2. The quantitative estimate of drug-likeness (QED) is 0.723. The summed E-state index contributed by atoms with van der Waals surface area (Å²) in [6.07, 6.45) is 0.918. The van der Waals surface area contributed by atoms with Crippen LogP contribution in [0.2, 0.25) is 0 Å². The lowest BCUT2D eigenvalue weighted by molar-refractivity contribution is -0.138. The molecule has 0 bridgehead atoms. The number of likely N-dealkylation sites (N-methyl/N-ethyl adjacent to an activating group) is 1. The van der Waals surface area contributed by atoms with Gasteiger partial charge in [-0.15, -0.1) is 11.3 Å². The van der Waals surface area contributed by atoms with E-state index >= 15 is 0 Å². The first kappa shape index (κ1) is 19.4. The summed E-state index contributed by atoms with van der Waals surface area (Å²) in [5.74, 6) is -0.395. The minimum atomic E-state index is -0.395. The number of thiazole rings is 1. The van der Waals surface area contributed by atoms with Gasteiger partial charge < -0.3 is 15.4 Å². The van der Waals surface area contributed by atoms with Crippen molar-refractivity contribution < 1.29 is 14.3 Å². The lowest BCUT2D eigenvalue weighted by Crippen LogP contribution is -2.46. The van der Waals surface area contributed by atoms with Gasteiger partial charge in [0.2, 0.25) is 0 Å². The van der Waals surface area contributed by atoms with Crippen molar-refractivity contribution in [1.82, 2.24) is 20.5 Å². The Morgan fingerprint density at radius 3 is 2.76 bits per heavy atom. The van der Waals surface area contributed by atoms with Crippen LogP contribution in [0.15, 0.2) is 11.3 Å².